The number of benzene rings is 10. The Morgan fingerprint density at radius 3 is 1.46 bits per heavy atom. The highest BCUT2D eigenvalue weighted by Crippen LogP contribution is 2.46. The molecule has 0 radical (unpaired) electrons. The van der Waals surface area contributed by atoms with Gasteiger partial charge < -0.3 is 13.7 Å². The van der Waals surface area contributed by atoms with E-state index in [4.69, 9.17) is 8.83 Å². The second-order valence-electron chi connectivity index (χ2n) is 15.6. The van der Waals surface area contributed by atoms with Gasteiger partial charge in [0.2, 0.25) is 0 Å². The SMILES string of the molecule is c1ccc(-c2ccc(N(c3ccc(-c4cc5c(oc6cc(-c7ccccc7)cc(-c7ccccc7)c65)c5ccccc45)cc3)c3cccc4c3oc3ccccc34)cc2)cc1. The van der Waals surface area contributed by atoms with E-state index in [1.807, 2.05) is 12.1 Å². The maximum absolute atomic E-state index is 6.91. The van der Waals surface area contributed by atoms with E-state index in [-0.39, 0.29) is 0 Å². The van der Waals surface area contributed by atoms with Crippen LogP contribution in [0.25, 0.3) is 99.2 Å². The summed E-state index contributed by atoms with van der Waals surface area (Å²) in [7, 11) is 0. The molecule has 0 aliphatic rings. The van der Waals surface area contributed by atoms with Gasteiger partial charge >= 0.3 is 0 Å². The van der Waals surface area contributed by atoms with Crippen LogP contribution in [0.4, 0.5) is 17.1 Å². The minimum absolute atomic E-state index is 0.854. The number of hydrogen-bond donors (Lipinski definition) is 0. The lowest BCUT2D eigenvalue weighted by Crippen LogP contribution is -2.10. The van der Waals surface area contributed by atoms with Crippen LogP contribution < -0.4 is 4.90 Å². The third-order valence-electron chi connectivity index (χ3n) is 12.1. The first-order chi connectivity index (χ1) is 30.2. The highest BCUT2D eigenvalue weighted by Gasteiger charge is 2.22. The molecule has 0 N–H and O–H groups in total. The second kappa shape index (κ2) is 14.3. The van der Waals surface area contributed by atoms with Gasteiger partial charge in [0.05, 0.1) is 5.69 Å². The molecule has 0 amide bonds. The number of rotatable bonds is 7. The van der Waals surface area contributed by atoms with Crippen LogP contribution in [-0.4, -0.2) is 0 Å². The normalized spacial score (nSPS) is 11.6. The predicted molar refractivity (Wildman–Crippen MR) is 255 cm³/mol. The summed E-state index contributed by atoms with van der Waals surface area (Å²) in [5.41, 5.74) is 15.8. The summed E-state index contributed by atoms with van der Waals surface area (Å²) in [5.74, 6) is 0. The predicted octanol–water partition coefficient (Wildman–Crippen LogP) is 16.8. The van der Waals surface area contributed by atoms with Gasteiger partial charge in [0.1, 0.15) is 16.7 Å². The monoisotopic (exact) mass is 779 g/mol. The van der Waals surface area contributed by atoms with E-state index in [0.29, 0.717) is 0 Å². The summed E-state index contributed by atoms with van der Waals surface area (Å²) >= 11 is 0. The highest BCUT2D eigenvalue weighted by molar-refractivity contribution is 6.22. The Balaban J connectivity index is 1.04. The molecule has 0 aliphatic carbocycles. The maximum Gasteiger partial charge on any atom is 0.159 e. The number of hydrogen-bond acceptors (Lipinski definition) is 3. The smallest absolute Gasteiger partial charge is 0.159 e. The Labute approximate surface area is 353 Å². The van der Waals surface area contributed by atoms with Gasteiger partial charge in [0.15, 0.2) is 5.58 Å². The molecule has 3 nitrogen and oxygen atoms in total. The van der Waals surface area contributed by atoms with Crippen LogP contribution in [0.2, 0.25) is 0 Å². The number of para-hydroxylation sites is 2. The van der Waals surface area contributed by atoms with Crippen molar-refractivity contribution in [2.75, 3.05) is 4.90 Å². The van der Waals surface area contributed by atoms with E-state index < -0.39 is 0 Å². The van der Waals surface area contributed by atoms with Crippen molar-refractivity contribution in [3.63, 3.8) is 0 Å². The topological polar surface area (TPSA) is 29.5 Å². The number of furan rings is 2. The zero-order chi connectivity index (χ0) is 40.3. The Morgan fingerprint density at radius 2 is 0.770 bits per heavy atom. The van der Waals surface area contributed by atoms with Gasteiger partial charge in [-0.05, 0) is 104 Å². The molecule has 0 saturated carbocycles. The van der Waals surface area contributed by atoms with E-state index in [1.54, 1.807) is 0 Å². The van der Waals surface area contributed by atoms with Gasteiger partial charge in [-0.1, -0.05) is 170 Å². The van der Waals surface area contributed by atoms with Crippen LogP contribution >= 0.6 is 0 Å². The molecule has 3 heteroatoms. The molecular weight excluding hydrogens is 743 g/mol. The van der Waals surface area contributed by atoms with Crippen molar-refractivity contribution in [3.8, 4) is 44.5 Å². The number of nitrogens with zero attached hydrogens (tertiary/aromatic N) is 1. The van der Waals surface area contributed by atoms with Crippen molar-refractivity contribution in [2.45, 2.75) is 0 Å². The standard InChI is InChI=1S/C58H37NO2/c1-4-15-38(16-5-1)40-27-31-44(32-28-40)59(53-25-14-24-49-47-22-12-13-26-54(47)60-58(49)53)45-33-29-42(30-34-45)50-37-52-56-51(41-19-8-3-9-20-41)35-43(39-17-6-2-7-18-39)36-55(56)61-57(52)48-23-11-10-21-46(48)50/h1-37H. The fraction of sp³-hybridized carbons (Fsp3) is 0. The van der Waals surface area contributed by atoms with Crippen molar-refractivity contribution in [2.24, 2.45) is 0 Å². The summed E-state index contributed by atoms with van der Waals surface area (Å²) in [4.78, 5) is 2.31. The lowest BCUT2D eigenvalue weighted by atomic mass is 9.91. The maximum atomic E-state index is 6.91. The molecule has 2 aromatic heterocycles. The van der Waals surface area contributed by atoms with E-state index in [2.05, 4.69) is 217 Å². The molecule has 0 saturated heterocycles. The van der Waals surface area contributed by atoms with E-state index in [1.165, 1.54) is 11.1 Å². The molecule has 12 aromatic rings. The Kier molecular flexibility index (Phi) is 8.17. The molecule has 10 aromatic carbocycles. The Hall–Kier alpha value is -8.14. The van der Waals surface area contributed by atoms with Gasteiger partial charge in [-0.3, -0.25) is 0 Å². The van der Waals surface area contributed by atoms with Crippen molar-refractivity contribution >= 4 is 71.7 Å². The first-order valence-electron chi connectivity index (χ1n) is 20.7. The molecule has 0 unspecified atom stereocenters. The molecule has 0 aliphatic heterocycles. The molecule has 12 rings (SSSR count). The average molecular weight is 780 g/mol. The first kappa shape index (κ1) is 34.9. The number of anilines is 3. The molecule has 0 bridgehead atoms. The van der Waals surface area contributed by atoms with Gasteiger partial charge in [-0.15, -0.1) is 0 Å². The molecule has 2 heterocycles. The highest BCUT2D eigenvalue weighted by atomic mass is 16.3. The Bertz CT molecular complexity index is 3550. The van der Waals surface area contributed by atoms with E-state index in [9.17, 15) is 0 Å². The van der Waals surface area contributed by atoms with Crippen molar-refractivity contribution in [3.05, 3.63) is 224 Å². The third kappa shape index (κ3) is 5.90. The lowest BCUT2D eigenvalue weighted by molar-refractivity contribution is 0.669. The van der Waals surface area contributed by atoms with Crippen LogP contribution in [0.1, 0.15) is 0 Å². The summed E-state index contributed by atoms with van der Waals surface area (Å²) in [6.45, 7) is 0. The van der Waals surface area contributed by atoms with Crippen molar-refractivity contribution in [1.82, 2.24) is 0 Å². The van der Waals surface area contributed by atoms with Crippen LogP contribution in [-0.2, 0) is 0 Å². The lowest BCUT2D eigenvalue weighted by Gasteiger charge is -2.26. The zero-order valence-electron chi connectivity index (χ0n) is 33.1. The summed E-state index contributed by atoms with van der Waals surface area (Å²) < 4.78 is 13.5. The van der Waals surface area contributed by atoms with Crippen LogP contribution in [0.3, 0.4) is 0 Å². The fourth-order valence-electron chi connectivity index (χ4n) is 9.17. The molecule has 286 valence electrons. The largest absolute Gasteiger partial charge is 0.455 e. The second-order valence-corrected chi connectivity index (χ2v) is 15.6. The van der Waals surface area contributed by atoms with Crippen molar-refractivity contribution < 1.29 is 8.83 Å². The molecular formula is C58H37NO2. The Morgan fingerprint density at radius 1 is 0.279 bits per heavy atom. The molecule has 61 heavy (non-hydrogen) atoms. The first-order valence-corrected chi connectivity index (χ1v) is 20.7. The average Bonchev–Trinajstić information content (AvgIpc) is 3.92. The van der Waals surface area contributed by atoms with Gasteiger partial charge in [0, 0.05) is 38.3 Å². The van der Waals surface area contributed by atoms with Crippen molar-refractivity contribution in [1.29, 1.82) is 0 Å². The fourth-order valence-corrected chi connectivity index (χ4v) is 9.17. The quantitative estimate of drug-likeness (QED) is 0.161. The van der Waals surface area contributed by atoms with E-state index in [0.717, 1.165) is 105 Å². The van der Waals surface area contributed by atoms with Gasteiger partial charge in [-0.2, -0.15) is 0 Å². The van der Waals surface area contributed by atoms with E-state index >= 15 is 0 Å². The van der Waals surface area contributed by atoms with Crippen LogP contribution in [0.15, 0.2) is 233 Å². The minimum atomic E-state index is 0.854. The zero-order valence-corrected chi connectivity index (χ0v) is 33.1. The summed E-state index contributed by atoms with van der Waals surface area (Å²) in [6, 6.07) is 79.7. The van der Waals surface area contributed by atoms with Crippen LogP contribution in [0.5, 0.6) is 0 Å². The third-order valence-corrected chi connectivity index (χ3v) is 12.1. The van der Waals surface area contributed by atoms with Crippen LogP contribution in [0, 0.1) is 0 Å². The summed E-state index contributed by atoms with van der Waals surface area (Å²) in [6.07, 6.45) is 0. The van der Waals surface area contributed by atoms with Gasteiger partial charge in [-0.25, -0.2) is 0 Å². The molecule has 0 spiro atoms. The minimum Gasteiger partial charge on any atom is -0.455 e. The molecule has 0 fully saturated rings. The van der Waals surface area contributed by atoms with Gasteiger partial charge in [0.25, 0.3) is 0 Å². The molecule has 0 atom stereocenters. The number of fused-ring (bicyclic) bond motifs is 8. The summed E-state index contributed by atoms with van der Waals surface area (Å²) in [5, 5.41) is 6.65.